The van der Waals surface area contributed by atoms with Crippen molar-refractivity contribution in [3.63, 3.8) is 0 Å². The van der Waals surface area contributed by atoms with E-state index < -0.39 is 15.8 Å². The van der Waals surface area contributed by atoms with Gasteiger partial charge in [-0.15, -0.1) is 11.8 Å². The molecule has 1 aliphatic rings. The lowest BCUT2D eigenvalue weighted by Gasteiger charge is -2.15. The Balaban J connectivity index is 2.10. The van der Waals surface area contributed by atoms with E-state index in [2.05, 4.69) is 0 Å². The van der Waals surface area contributed by atoms with Gasteiger partial charge in [0.25, 0.3) is 0 Å². The maximum atomic E-state index is 11.3. The minimum absolute atomic E-state index is 0.0848. The molecule has 0 bridgehead atoms. The fraction of sp³-hybridized carbons (Fsp3) is 0.462. The summed E-state index contributed by atoms with van der Waals surface area (Å²) in [5.74, 6) is -1.03. The van der Waals surface area contributed by atoms with Gasteiger partial charge >= 0.3 is 5.97 Å². The lowest BCUT2D eigenvalue weighted by Crippen LogP contribution is -2.19. The molecule has 2 atom stereocenters. The summed E-state index contributed by atoms with van der Waals surface area (Å²) in [7, 11) is -3.17. The fourth-order valence-electron chi connectivity index (χ4n) is 2.29. The Morgan fingerprint density at radius 3 is 2.42 bits per heavy atom. The number of aliphatic carboxylic acids is 1. The Labute approximate surface area is 117 Å². The molecule has 1 aromatic rings. The van der Waals surface area contributed by atoms with Gasteiger partial charge in [0.15, 0.2) is 9.84 Å². The zero-order valence-corrected chi connectivity index (χ0v) is 12.2. The van der Waals surface area contributed by atoms with Crippen molar-refractivity contribution < 1.29 is 18.3 Å². The van der Waals surface area contributed by atoms with E-state index in [1.54, 1.807) is 24.3 Å². The third kappa shape index (κ3) is 3.51. The quantitative estimate of drug-likeness (QED) is 0.924. The Hall–Kier alpha value is -1.01. The SMILES string of the molecule is CS(=O)(=O)c1ccc(SC2CCCC2C(=O)O)cc1. The number of rotatable bonds is 4. The van der Waals surface area contributed by atoms with Crippen LogP contribution in [0.25, 0.3) is 0 Å². The van der Waals surface area contributed by atoms with E-state index in [9.17, 15) is 13.2 Å². The zero-order chi connectivity index (χ0) is 14.0. The Kier molecular flexibility index (Phi) is 4.20. The summed E-state index contributed by atoms with van der Waals surface area (Å²) < 4.78 is 22.7. The van der Waals surface area contributed by atoms with E-state index >= 15 is 0 Å². The predicted octanol–water partition coefficient (Wildman–Crippen LogP) is 2.44. The van der Waals surface area contributed by atoms with Crippen LogP contribution in [-0.4, -0.2) is 31.0 Å². The normalized spacial score (nSPS) is 23.4. The average Bonchev–Trinajstić information content (AvgIpc) is 2.77. The highest BCUT2D eigenvalue weighted by molar-refractivity contribution is 8.00. The number of thioether (sulfide) groups is 1. The van der Waals surface area contributed by atoms with Crippen molar-refractivity contribution in [1.29, 1.82) is 0 Å². The van der Waals surface area contributed by atoms with E-state index in [-0.39, 0.29) is 16.1 Å². The van der Waals surface area contributed by atoms with E-state index in [0.29, 0.717) is 0 Å². The first kappa shape index (κ1) is 14.4. The van der Waals surface area contributed by atoms with Gasteiger partial charge < -0.3 is 5.11 Å². The molecule has 0 aromatic heterocycles. The molecule has 6 heteroatoms. The molecule has 0 spiro atoms. The van der Waals surface area contributed by atoms with Gasteiger partial charge in [-0.1, -0.05) is 6.42 Å². The van der Waals surface area contributed by atoms with E-state index in [1.807, 2.05) is 0 Å². The third-order valence-corrected chi connectivity index (χ3v) is 5.85. The smallest absolute Gasteiger partial charge is 0.307 e. The van der Waals surface area contributed by atoms with Gasteiger partial charge in [0.2, 0.25) is 0 Å². The van der Waals surface area contributed by atoms with Crippen LogP contribution in [0.4, 0.5) is 0 Å². The molecule has 0 aliphatic heterocycles. The highest BCUT2D eigenvalue weighted by Crippen LogP contribution is 2.39. The maximum Gasteiger partial charge on any atom is 0.307 e. The van der Waals surface area contributed by atoms with Crippen LogP contribution in [0.1, 0.15) is 19.3 Å². The van der Waals surface area contributed by atoms with Crippen molar-refractivity contribution in [1.82, 2.24) is 0 Å². The summed E-state index contributed by atoms with van der Waals surface area (Å²) in [5.41, 5.74) is 0. The summed E-state index contributed by atoms with van der Waals surface area (Å²) in [6, 6.07) is 6.64. The van der Waals surface area contributed by atoms with Crippen molar-refractivity contribution in [2.75, 3.05) is 6.26 Å². The fourth-order valence-corrected chi connectivity index (χ4v) is 4.26. The van der Waals surface area contributed by atoms with Gasteiger partial charge in [-0.05, 0) is 37.1 Å². The number of hydrogen-bond donors (Lipinski definition) is 1. The van der Waals surface area contributed by atoms with Crippen LogP contribution in [0.2, 0.25) is 0 Å². The second-order valence-corrected chi connectivity index (χ2v) is 8.10. The zero-order valence-electron chi connectivity index (χ0n) is 10.6. The van der Waals surface area contributed by atoms with Crippen molar-refractivity contribution in [3.8, 4) is 0 Å². The Morgan fingerprint density at radius 1 is 1.26 bits per heavy atom. The summed E-state index contributed by atoms with van der Waals surface area (Å²) in [5, 5.41) is 9.20. The third-order valence-electron chi connectivity index (χ3n) is 3.31. The van der Waals surface area contributed by atoms with Gasteiger partial charge in [-0.2, -0.15) is 0 Å². The molecule has 0 radical (unpaired) electrons. The molecule has 104 valence electrons. The average molecular weight is 300 g/mol. The van der Waals surface area contributed by atoms with Crippen molar-refractivity contribution in [2.24, 2.45) is 5.92 Å². The van der Waals surface area contributed by atoms with Crippen LogP contribution >= 0.6 is 11.8 Å². The number of carboxylic acids is 1. The number of carboxylic acid groups (broad SMARTS) is 1. The minimum Gasteiger partial charge on any atom is -0.481 e. The highest BCUT2D eigenvalue weighted by atomic mass is 32.2. The molecule has 0 heterocycles. The first-order valence-corrected chi connectivity index (χ1v) is 8.84. The first-order valence-electron chi connectivity index (χ1n) is 6.07. The second-order valence-electron chi connectivity index (χ2n) is 4.78. The van der Waals surface area contributed by atoms with Crippen molar-refractivity contribution in [3.05, 3.63) is 24.3 Å². The Morgan fingerprint density at radius 2 is 1.89 bits per heavy atom. The van der Waals surface area contributed by atoms with Crippen LogP contribution in [0, 0.1) is 5.92 Å². The van der Waals surface area contributed by atoms with Crippen LogP contribution in [0.5, 0.6) is 0 Å². The van der Waals surface area contributed by atoms with Crippen LogP contribution in [0.3, 0.4) is 0 Å². The lowest BCUT2D eigenvalue weighted by atomic mass is 10.1. The van der Waals surface area contributed by atoms with Gasteiger partial charge in [0, 0.05) is 16.4 Å². The van der Waals surface area contributed by atoms with Crippen LogP contribution in [0.15, 0.2) is 34.1 Å². The van der Waals surface area contributed by atoms with Crippen molar-refractivity contribution >= 4 is 27.6 Å². The molecular formula is C13H16O4S2. The van der Waals surface area contributed by atoms with Gasteiger partial charge in [0.05, 0.1) is 10.8 Å². The molecule has 2 unspecified atom stereocenters. The van der Waals surface area contributed by atoms with Crippen LogP contribution < -0.4 is 0 Å². The molecule has 0 amide bonds. The molecule has 1 aliphatic carbocycles. The van der Waals surface area contributed by atoms with E-state index in [0.717, 1.165) is 24.2 Å². The predicted molar refractivity (Wildman–Crippen MR) is 74.2 cm³/mol. The van der Waals surface area contributed by atoms with E-state index in [4.69, 9.17) is 5.11 Å². The highest BCUT2D eigenvalue weighted by Gasteiger charge is 2.33. The van der Waals surface area contributed by atoms with Crippen LogP contribution in [-0.2, 0) is 14.6 Å². The molecule has 0 saturated heterocycles. The Bertz CT molecular complexity index is 563. The van der Waals surface area contributed by atoms with E-state index in [1.165, 1.54) is 18.0 Å². The first-order chi connectivity index (χ1) is 8.88. The summed E-state index contributed by atoms with van der Waals surface area (Å²) in [6.07, 6.45) is 3.74. The molecule has 1 fully saturated rings. The maximum absolute atomic E-state index is 11.3. The number of sulfone groups is 1. The molecule has 19 heavy (non-hydrogen) atoms. The second kappa shape index (κ2) is 5.54. The number of carbonyl (C=O) groups is 1. The largest absolute Gasteiger partial charge is 0.481 e. The monoisotopic (exact) mass is 300 g/mol. The lowest BCUT2D eigenvalue weighted by molar-refractivity contribution is -0.141. The topological polar surface area (TPSA) is 71.4 Å². The standard InChI is InChI=1S/C13H16O4S2/c1-19(16,17)10-7-5-9(6-8-10)18-12-4-2-3-11(12)13(14)15/h5-8,11-12H,2-4H2,1H3,(H,14,15). The minimum atomic E-state index is -3.17. The van der Waals surface area contributed by atoms with Crippen molar-refractivity contribution in [2.45, 2.75) is 34.3 Å². The number of hydrogen-bond acceptors (Lipinski definition) is 4. The molecular weight excluding hydrogens is 284 g/mol. The molecule has 1 aromatic carbocycles. The summed E-state index contributed by atoms with van der Waals surface area (Å²) in [6.45, 7) is 0. The molecule has 4 nitrogen and oxygen atoms in total. The molecule has 2 rings (SSSR count). The summed E-state index contributed by atoms with van der Waals surface area (Å²) >= 11 is 1.53. The van der Waals surface area contributed by atoms with Gasteiger partial charge in [0.1, 0.15) is 0 Å². The molecule has 1 N–H and O–H groups in total. The molecule has 1 saturated carbocycles. The van der Waals surface area contributed by atoms with Gasteiger partial charge in [-0.3, -0.25) is 4.79 Å². The van der Waals surface area contributed by atoms with Gasteiger partial charge in [-0.25, -0.2) is 8.42 Å². The summed E-state index contributed by atoms with van der Waals surface area (Å²) in [4.78, 5) is 12.3. The number of benzene rings is 1.